The van der Waals surface area contributed by atoms with E-state index < -0.39 is 0 Å². The van der Waals surface area contributed by atoms with E-state index in [2.05, 4.69) is 26.1 Å². The van der Waals surface area contributed by atoms with Crippen molar-refractivity contribution < 1.29 is 4.79 Å². The third-order valence-electron chi connectivity index (χ3n) is 2.87. The van der Waals surface area contributed by atoms with Crippen molar-refractivity contribution in [3.8, 4) is 0 Å². The van der Waals surface area contributed by atoms with E-state index in [1.165, 1.54) is 0 Å². The number of hydrogen-bond acceptors (Lipinski definition) is 1. The summed E-state index contributed by atoms with van der Waals surface area (Å²) in [6, 6.07) is 0. The zero-order valence-electron chi connectivity index (χ0n) is 10.8. The van der Waals surface area contributed by atoms with Gasteiger partial charge in [0.2, 0.25) is 5.91 Å². The second kappa shape index (κ2) is 6.65. The fourth-order valence-corrected chi connectivity index (χ4v) is 1.07. The lowest BCUT2D eigenvalue weighted by atomic mass is 9.90. The Morgan fingerprint density at radius 3 is 2.53 bits per heavy atom. The SMILES string of the molecule is C/C=C\CC(C)C(=O)NCC(C)(C)CC. The first kappa shape index (κ1) is 14.2. The molecule has 0 aromatic rings. The summed E-state index contributed by atoms with van der Waals surface area (Å²) in [5.74, 6) is 0.239. The first-order valence-corrected chi connectivity index (χ1v) is 5.82. The van der Waals surface area contributed by atoms with E-state index in [4.69, 9.17) is 0 Å². The van der Waals surface area contributed by atoms with E-state index in [0.29, 0.717) is 0 Å². The molecular weight excluding hydrogens is 186 g/mol. The molecule has 0 aromatic carbocycles. The molecule has 0 rings (SSSR count). The monoisotopic (exact) mass is 211 g/mol. The number of amides is 1. The lowest BCUT2D eigenvalue weighted by Crippen LogP contribution is -2.36. The summed E-state index contributed by atoms with van der Waals surface area (Å²) in [5.41, 5.74) is 0.204. The van der Waals surface area contributed by atoms with Gasteiger partial charge in [0.15, 0.2) is 0 Å². The van der Waals surface area contributed by atoms with Crippen LogP contribution in [-0.2, 0) is 4.79 Å². The Labute approximate surface area is 94.1 Å². The Bertz CT molecular complexity index is 219. The lowest BCUT2D eigenvalue weighted by molar-refractivity contribution is -0.124. The maximum absolute atomic E-state index is 11.7. The van der Waals surface area contributed by atoms with Crippen LogP contribution in [0.2, 0.25) is 0 Å². The molecule has 15 heavy (non-hydrogen) atoms. The van der Waals surface area contributed by atoms with E-state index in [1.807, 2.05) is 26.0 Å². The molecule has 0 spiro atoms. The minimum Gasteiger partial charge on any atom is -0.355 e. The summed E-state index contributed by atoms with van der Waals surface area (Å²) >= 11 is 0. The molecule has 0 aliphatic rings. The molecule has 2 nitrogen and oxygen atoms in total. The summed E-state index contributed by atoms with van der Waals surface area (Å²) in [6.07, 6.45) is 5.93. The maximum Gasteiger partial charge on any atom is 0.223 e. The van der Waals surface area contributed by atoms with Gasteiger partial charge in [0.05, 0.1) is 0 Å². The van der Waals surface area contributed by atoms with Gasteiger partial charge in [-0.3, -0.25) is 4.79 Å². The Balaban J connectivity index is 3.93. The lowest BCUT2D eigenvalue weighted by Gasteiger charge is -2.23. The molecule has 2 heteroatoms. The van der Waals surface area contributed by atoms with Crippen molar-refractivity contribution in [3.63, 3.8) is 0 Å². The number of hydrogen-bond donors (Lipinski definition) is 1. The smallest absolute Gasteiger partial charge is 0.223 e. The van der Waals surface area contributed by atoms with Gasteiger partial charge in [-0.2, -0.15) is 0 Å². The summed E-state index contributed by atoms with van der Waals surface area (Å²) in [7, 11) is 0. The van der Waals surface area contributed by atoms with Crippen molar-refractivity contribution in [1.29, 1.82) is 0 Å². The molecule has 0 aliphatic carbocycles. The number of nitrogens with one attached hydrogen (secondary N) is 1. The van der Waals surface area contributed by atoms with Crippen LogP contribution in [0.4, 0.5) is 0 Å². The van der Waals surface area contributed by atoms with Crippen molar-refractivity contribution in [2.45, 2.75) is 47.5 Å². The summed E-state index contributed by atoms with van der Waals surface area (Å²) in [4.78, 5) is 11.7. The largest absolute Gasteiger partial charge is 0.355 e. The highest BCUT2D eigenvalue weighted by Gasteiger charge is 2.18. The van der Waals surface area contributed by atoms with Crippen molar-refractivity contribution >= 4 is 5.91 Å². The molecule has 0 radical (unpaired) electrons. The summed E-state index contributed by atoms with van der Waals surface area (Å²) in [6.45, 7) is 11.2. The summed E-state index contributed by atoms with van der Waals surface area (Å²) < 4.78 is 0. The van der Waals surface area contributed by atoms with Crippen LogP contribution in [0.1, 0.15) is 47.5 Å². The Kier molecular flexibility index (Phi) is 6.30. The molecule has 0 fully saturated rings. The molecule has 1 N–H and O–H groups in total. The zero-order chi connectivity index (χ0) is 11.9. The average Bonchev–Trinajstić information content (AvgIpc) is 2.22. The number of allylic oxidation sites excluding steroid dienone is 2. The van der Waals surface area contributed by atoms with Crippen LogP contribution in [0, 0.1) is 11.3 Å². The topological polar surface area (TPSA) is 29.1 Å². The summed E-state index contributed by atoms with van der Waals surface area (Å²) in [5, 5.41) is 3.01. The third-order valence-corrected chi connectivity index (χ3v) is 2.87. The van der Waals surface area contributed by atoms with Gasteiger partial charge in [0.25, 0.3) is 0 Å². The van der Waals surface area contributed by atoms with Crippen LogP contribution in [-0.4, -0.2) is 12.5 Å². The van der Waals surface area contributed by atoms with Gasteiger partial charge < -0.3 is 5.32 Å². The van der Waals surface area contributed by atoms with E-state index in [1.54, 1.807) is 0 Å². The molecule has 0 aromatic heterocycles. The fourth-order valence-electron chi connectivity index (χ4n) is 1.07. The van der Waals surface area contributed by atoms with Crippen molar-refractivity contribution in [1.82, 2.24) is 5.32 Å². The second-order valence-corrected chi connectivity index (χ2v) is 4.94. The van der Waals surface area contributed by atoms with Crippen LogP contribution in [0.15, 0.2) is 12.2 Å². The van der Waals surface area contributed by atoms with Gasteiger partial charge >= 0.3 is 0 Å². The van der Waals surface area contributed by atoms with Crippen LogP contribution >= 0.6 is 0 Å². The third kappa shape index (κ3) is 6.32. The highest BCUT2D eigenvalue weighted by Crippen LogP contribution is 2.18. The molecule has 1 unspecified atom stereocenters. The molecule has 88 valence electrons. The highest BCUT2D eigenvalue weighted by molar-refractivity contribution is 5.78. The van der Waals surface area contributed by atoms with E-state index in [9.17, 15) is 4.79 Å². The molecule has 0 bridgehead atoms. The van der Waals surface area contributed by atoms with Gasteiger partial charge in [0.1, 0.15) is 0 Å². The molecule has 1 atom stereocenters. The second-order valence-electron chi connectivity index (χ2n) is 4.94. The average molecular weight is 211 g/mol. The van der Waals surface area contributed by atoms with Gasteiger partial charge in [-0.05, 0) is 25.2 Å². The number of carbonyl (C=O) groups excluding carboxylic acids is 1. The fraction of sp³-hybridized carbons (Fsp3) is 0.769. The van der Waals surface area contributed by atoms with Crippen LogP contribution < -0.4 is 5.32 Å². The number of carbonyl (C=O) groups is 1. The first-order valence-electron chi connectivity index (χ1n) is 5.82. The van der Waals surface area contributed by atoms with Gasteiger partial charge in [0, 0.05) is 12.5 Å². The predicted octanol–water partition coefficient (Wildman–Crippen LogP) is 3.14. The van der Waals surface area contributed by atoms with Crippen LogP contribution in [0.5, 0.6) is 0 Å². The van der Waals surface area contributed by atoms with Crippen LogP contribution in [0.3, 0.4) is 0 Å². The molecule has 0 saturated carbocycles. The predicted molar refractivity (Wildman–Crippen MR) is 65.7 cm³/mol. The van der Waals surface area contributed by atoms with E-state index in [0.717, 1.165) is 19.4 Å². The normalized spacial score (nSPS) is 14.2. The first-order chi connectivity index (χ1) is 6.93. The molecule has 0 saturated heterocycles. The van der Waals surface area contributed by atoms with Gasteiger partial charge in [-0.1, -0.05) is 39.8 Å². The quantitative estimate of drug-likeness (QED) is 0.672. The minimum absolute atomic E-state index is 0.0776. The molecule has 1 amide bonds. The van der Waals surface area contributed by atoms with E-state index >= 15 is 0 Å². The Morgan fingerprint density at radius 2 is 2.07 bits per heavy atom. The molecule has 0 aliphatic heterocycles. The van der Waals surface area contributed by atoms with Gasteiger partial charge in [-0.25, -0.2) is 0 Å². The van der Waals surface area contributed by atoms with Crippen molar-refractivity contribution in [2.24, 2.45) is 11.3 Å². The number of rotatable bonds is 6. The van der Waals surface area contributed by atoms with Gasteiger partial charge in [-0.15, -0.1) is 0 Å². The Morgan fingerprint density at radius 1 is 1.47 bits per heavy atom. The highest BCUT2D eigenvalue weighted by atomic mass is 16.1. The molecular formula is C13H25NO. The van der Waals surface area contributed by atoms with Crippen molar-refractivity contribution in [2.75, 3.05) is 6.54 Å². The Hall–Kier alpha value is -0.790. The zero-order valence-corrected chi connectivity index (χ0v) is 10.8. The van der Waals surface area contributed by atoms with E-state index in [-0.39, 0.29) is 17.2 Å². The maximum atomic E-state index is 11.7. The standard InChI is InChI=1S/C13H25NO/c1-6-8-9-11(3)12(15)14-10-13(4,5)7-2/h6,8,11H,7,9-10H2,1-5H3,(H,14,15)/b8-6-. The molecule has 0 heterocycles. The van der Waals surface area contributed by atoms with Crippen LogP contribution in [0.25, 0.3) is 0 Å². The minimum atomic E-state index is 0.0776. The van der Waals surface area contributed by atoms with Crippen molar-refractivity contribution in [3.05, 3.63) is 12.2 Å².